The molecule has 0 spiro atoms. The first-order valence-corrected chi connectivity index (χ1v) is 9.12. The van der Waals surface area contributed by atoms with Gasteiger partial charge in [-0.05, 0) is 25.3 Å². The van der Waals surface area contributed by atoms with Crippen LogP contribution in [0.2, 0.25) is 0 Å². The average molecular weight is 355 g/mol. The molecule has 7 nitrogen and oxygen atoms in total. The lowest BCUT2D eigenvalue weighted by molar-refractivity contribution is -0.0843. The Kier molecular flexibility index (Phi) is 4.74. The van der Waals surface area contributed by atoms with Crippen LogP contribution in [0.25, 0.3) is 0 Å². The normalized spacial score (nSPS) is 28.7. The topological polar surface area (TPSA) is 86.4 Å². The highest BCUT2D eigenvalue weighted by molar-refractivity contribution is 5.18. The summed E-state index contributed by atoms with van der Waals surface area (Å²) in [5, 5.41) is 0. The number of nitrogens with zero attached hydrogens (tertiary/aromatic N) is 4. The maximum atomic E-state index is 6.13. The van der Waals surface area contributed by atoms with Gasteiger partial charge in [0, 0.05) is 62.9 Å². The number of anilines is 1. The molecule has 1 aliphatic carbocycles. The number of nitrogen functional groups attached to an aromatic ring is 1. The molecule has 0 amide bonds. The zero-order valence-electron chi connectivity index (χ0n) is 15.0. The summed E-state index contributed by atoms with van der Waals surface area (Å²) in [6.07, 6.45) is 9.49. The largest absolute Gasteiger partial charge is 0.474 e. The van der Waals surface area contributed by atoms with Crippen LogP contribution in [0, 0.1) is 0 Å². The molecule has 4 rings (SSSR count). The third-order valence-electron chi connectivity index (χ3n) is 5.69. The highest BCUT2D eigenvalue weighted by Gasteiger charge is 2.51. The van der Waals surface area contributed by atoms with Crippen molar-refractivity contribution in [3.05, 3.63) is 42.4 Å². The van der Waals surface area contributed by atoms with Crippen molar-refractivity contribution in [1.29, 1.82) is 0 Å². The Morgan fingerprint density at radius 1 is 1.23 bits per heavy atom. The summed E-state index contributed by atoms with van der Waals surface area (Å²) in [5.41, 5.74) is 6.58. The van der Waals surface area contributed by atoms with Crippen molar-refractivity contribution >= 4 is 5.95 Å². The summed E-state index contributed by atoms with van der Waals surface area (Å²) in [7, 11) is 1.84. The summed E-state index contributed by atoms with van der Waals surface area (Å²) in [6.45, 7) is 1.80. The Balaban J connectivity index is 1.48. The van der Waals surface area contributed by atoms with Gasteiger partial charge in [-0.2, -0.15) is 0 Å². The second-order valence-electron chi connectivity index (χ2n) is 7.14. The van der Waals surface area contributed by atoms with Crippen LogP contribution in [-0.2, 0) is 11.3 Å². The summed E-state index contributed by atoms with van der Waals surface area (Å²) >= 11 is 0. The van der Waals surface area contributed by atoms with Crippen LogP contribution in [0.3, 0.4) is 0 Å². The van der Waals surface area contributed by atoms with E-state index >= 15 is 0 Å². The third kappa shape index (κ3) is 3.37. The number of nitrogens with two attached hydrogens (primary N) is 1. The van der Waals surface area contributed by atoms with Crippen LogP contribution < -0.4 is 10.5 Å². The monoisotopic (exact) mass is 355 g/mol. The lowest BCUT2D eigenvalue weighted by atomic mass is 9.79. The van der Waals surface area contributed by atoms with Gasteiger partial charge in [0.25, 0.3) is 0 Å². The van der Waals surface area contributed by atoms with Crippen molar-refractivity contribution in [2.45, 2.75) is 50.0 Å². The van der Waals surface area contributed by atoms with Gasteiger partial charge >= 0.3 is 0 Å². The fourth-order valence-corrected chi connectivity index (χ4v) is 4.32. The number of rotatable bonds is 5. The van der Waals surface area contributed by atoms with Gasteiger partial charge in [0.2, 0.25) is 11.8 Å². The van der Waals surface area contributed by atoms with Gasteiger partial charge in [0.15, 0.2) is 0 Å². The van der Waals surface area contributed by atoms with Crippen molar-refractivity contribution in [2.75, 3.05) is 19.4 Å². The number of hydrogen-bond acceptors (Lipinski definition) is 7. The Morgan fingerprint density at radius 2 is 2.08 bits per heavy atom. The molecular weight excluding hydrogens is 330 g/mol. The molecule has 26 heavy (non-hydrogen) atoms. The molecule has 2 aliphatic rings. The molecule has 0 unspecified atom stereocenters. The molecule has 0 radical (unpaired) electrons. The van der Waals surface area contributed by atoms with Gasteiger partial charge in [-0.3, -0.25) is 4.90 Å². The van der Waals surface area contributed by atoms with E-state index in [-0.39, 0.29) is 11.7 Å². The number of hydrogen-bond donors (Lipinski definition) is 1. The third-order valence-corrected chi connectivity index (χ3v) is 5.69. The van der Waals surface area contributed by atoms with Crippen molar-refractivity contribution in [1.82, 2.24) is 19.9 Å². The molecule has 2 N–H and O–H groups in total. The summed E-state index contributed by atoms with van der Waals surface area (Å²) in [6, 6.07) is 6.08. The smallest absolute Gasteiger partial charge is 0.219 e. The molecule has 0 aromatic carbocycles. The molecule has 3 atom stereocenters. The standard InChI is InChI=1S/C19H25N5O2/c1-25-19-6-5-15(26-17-4-2-3-8-21-17)10-16(19)24(9-7-19)13-14-11-22-18(20)23-12-14/h2-4,8,11-12,15-16H,5-7,9-10,13H2,1H3,(H2,20,22,23)/t15-,16+,19-/m1/s1. The van der Waals surface area contributed by atoms with Crippen LogP contribution in [0.5, 0.6) is 5.88 Å². The quantitative estimate of drug-likeness (QED) is 0.878. The van der Waals surface area contributed by atoms with Crippen molar-refractivity contribution < 1.29 is 9.47 Å². The first-order chi connectivity index (χ1) is 12.7. The molecular formula is C19H25N5O2. The SMILES string of the molecule is CO[C@@]12CC[C@@H](Oc3ccccn3)C[C@@H]1N(Cc1cnc(N)nc1)CC2. The zero-order chi connectivity index (χ0) is 18.0. The van der Waals surface area contributed by atoms with E-state index in [0.717, 1.165) is 44.3 Å². The first kappa shape index (κ1) is 17.2. The van der Waals surface area contributed by atoms with Gasteiger partial charge in [-0.15, -0.1) is 0 Å². The van der Waals surface area contributed by atoms with E-state index in [2.05, 4.69) is 19.9 Å². The second kappa shape index (κ2) is 7.17. The van der Waals surface area contributed by atoms with Gasteiger partial charge in [-0.1, -0.05) is 6.07 Å². The van der Waals surface area contributed by atoms with Gasteiger partial charge in [0.05, 0.1) is 5.60 Å². The highest BCUT2D eigenvalue weighted by Crippen LogP contribution is 2.43. The number of methoxy groups -OCH3 is 1. The maximum Gasteiger partial charge on any atom is 0.219 e. The summed E-state index contributed by atoms with van der Waals surface area (Å²) < 4.78 is 12.2. The fourth-order valence-electron chi connectivity index (χ4n) is 4.32. The molecule has 2 aromatic heterocycles. The van der Waals surface area contributed by atoms with E-state index in [1.165, 1.54) is 0 Å². The Labute approximate surface area is 153 Å². The predicted molar refractivity (Wildman–Crippen MR) is 97.5 cm³/mol. The predicted octanol–water partition coefficient (Wildman–Crippen LogP) is 2.04. The minimum atomic E-state index is -0.0847. The number of ether oxygens (including phenoxy) is 2. The molecule has 1 saturated heterocycles. The van der Waals surface area contributed by atoms with E-state index in [1.54, 1.807) is 18.6 Å². The van der Waals surface area contributed by atoms with Crippen molar-refractivity contribution in [3.8, 4) is 5.88 Å². The van der Waals surface area contributed by atoms with Crippen LogP contribution in [-0.4, -0.2) is 51.3 Å². The van der Waals surface area contributed by atoms with Crippen LogP contribution >= 0.6 is 0 Å². The maximum absolute atomic E-state index is 6.13. The molecule has 2 aromatic rings. The Morgan fingerprint density at radius 3 is 2.81 bits per heavy atom. The molecule has 0 bridgehead atoms. The fraction of sp³-hybridized carbons (Fsp3) is 0.526. The van der Waals surface area contributed by atoms with E-state index in [9.17, 15) is 0 Å². The molecule has 7 heteroatoms. The minimum absolute atomic E-state index is 0.0847. The van der Waals surface area contributed by atoms with Crippen LogP contribution in [0.15, 0.2) is 36.8 Å². The van der Waals surface area contributed by atoms with Gasteiger partial charge < -0.3 is 15.2 Å². The molecule has 1 aliphatic heterocycles. The minimum Gasteiger partial charge on any atom is -0.474 e. The van der Waals surface area contributed by atoms with Crippen molar-refractivity contribution in [3.63, 3.8) is 0 Å². The van der Waals surface area contributed by atoms with E-state index < -0.39 is 0 Å². The Bertz CT molecular complexity index is 726. The molecule has 1 saturated carbocycles. The van der Waals surface area contributed by atoms with E-state index in [1.807, 2.05) is 25.3 Å². The Hall–Kier alpha value is -2.25. The second-order valence-corrected chi connectivity index (χ2v) is 7.14. The number of likely N-dealkylation sites (tertiary alicyclic amines) is 1. The van der Waals surface area contributed by atoms with Gasteiger partial charge in [0.1, 0.15) is 6.10 Å². The lowest BCUT2D eigenvalue weighted by Crippen LogP contribution is -2.52. The lowest BCUT2D eigenvalue weighted by Gasteiger charge is -2.43. The molecule has 138 valence electrons. The van der Waals surface area contributed by atoms with Gasteiger partial charge in [-0.25, -0.2) is 15.0 Å². The summed E-state index contributed by atoms with van der Waals surface area (Å²) in [5.74, 6) is 1.00. The van der Waals surface area contributed by atoms with E-state index in [4.69, 9.17) is 15.2 Å². The first-order valence-electron chi connectivity index (χ1n) is 9.12. The number of aromatic nitrogens is 3. The average Bonchev–Trinajstić information content (AvgIpc) is 3.03. The van der Waals surface area contributed by atoms with Crippen molar-refractivity contribution in [2.24, 2.45) is 0 Å². The number of pyridine rings is 1. The molecule has 2 fully saturated rings. The molecule has 3 heterocycles. The highest BCUT2D eigenvalue weighted by atomic mass is 16.5. The van der Waals surface area contributed by atoms with Crippen LogP contribution in [0.4, 0.5) is 5.95 Å². The van der Waals surface area contributed by atoms with E-state index in [0.29, 0.717) is 17.9 Å². The number of fused-ring (bicyclic) bond motifs is 1. The summed E-state index contributed by atoms with van der Waals surface area (Å²) in [4.78, 5) is 15.0. The zero-order valence-corrected chi connectivity index (χ0v) is 15.0. The van der Waals surface area contributed by atoms with Crippen LogP contribution in [0.1, 0.15) is 31.2 Å².